The highest BCUT2D eigenvalue weighted by molar-refractivity contribution is 4.78. The maximum absolute atomic E-state index is 9.12. The van der Waals surface area contributed by atoms with Gasteiger partial charge in [-0.05, 0) is 33.6 Å². The molecule has 0 bridgehead atoms. The summed E-state index contributed by atoms with van der Waals surface area (Å²) in [5, 5.41) is 9.12. The topological polar surface area (TPSA) is 47.9 Å². The molecule has 0 aromatic rings. The Labute approximate surface area is 111 Å². The molecule has 1 N–H and O–H groups in total. The molecule has 0 heterocycles. The molecule has 0 aliphatic heterocycles. The van der Waals surface area contributed by atoms with Gasteiger partial charge in [-0.15, -0.1) is 0 Å². The summed E-state index contributed by atoms with van der Waals surface area (Å²) in [5.74, 6) is -0.102. The third-order valence-electron chi connectivity index (χ3n) is 3.57. The van der Waals surface area contributed by atoms with Crippen molar-refractivity contribution in [1.29, 1.82) is 0 Å². The molecular weight excluding hydrogens is 232 g/mol. The SMILES string of the molecule is CCO[C@@](C)(OCOC[C@H](C)O)C1CCCCC1. The zero-order chi connectivity index (χ0) is 13.4. The molecule has 1 aliphatic carbocycles. The molecule has 0 aromatic heterocycles. The van der Waals surface area contributed by atoms with Crippen molar-refractivity contribution in [2.24, 2.45) is 5.92 Å². The zero-order valence-electron chi connectivity index (χ0n) is 12.0. The molecule has 1 fully saturated rings. The van der Waals surface area contributed by atoms with Crippen molar-refractivity contribution in [3.8, 4) is 0 Å². The first kappa shape index (κ1) is 15.9. The van der Waals surface area contributed by atoms with E-state index in [1.807, 2.05) is 13.8 Å². The van der Waals surface area contributed by atoms with Crippen LogP contribution in [0.4, 0.5) is 0 Å². The molecule has 0 aromatic carbocycles. The van der Waals surface area contributed by atoms with E-state index < -0.39 is 11.9 Å². The number of hydrogen-bond acceptors (Lipinski definition) is 4. The van der Waals surface area contributed by atoms with E-state index in [1.165, 1.54) is 19.3 Å². The number of ether oxygens (including phenoxy) is 3. The van der Waals surface area contributed by atoms with Gasteiger partial charge in [-0.25, -0.2) is 0 Å². The lowest BCUT2D eigenvalue weighted by Crippen LogP contribution is -2.42. The van der Waals surface area contributed by atoms with Gasteiger partial charge in [0, 0.05) is 12.5 Å². The highest BCUT2D eigenvalue weighted by atomic mass is 16.8. The molecular formula is C14H28O4. The predicted octanol–water partition coefficient (Wildman–Crippen LogP) is 2.69. The van der Waals surface area contributed by atoms with Crippen LogP contribution in [0, 0.1) is 5.92 Å². The summed E-state index contributed by atoms with van der Waals surface area (Å²) in [6.07, 6.45) is 5.69. The molecule has 2 atom stereocenters. The van der Waals surface area contributed by atoms with E-state index >= 15 is 0 Å². The Morgan fingerprint density at radius 1 is 1.22 bits per heavy atom. The molecule has 0 amide bonds. The summed E-state index contributed by atoms with van der Waals surface area (Å²) in [6.45, 7) is 6.82. The maximum atomic E-state index is 9.12. The zero-order valence-corrected chi connectivity index (χ0v) is 12.0. The van der Waals surface area contributed by atoms with Crippen LogP contribution in [-0.2, 0) is 14.2 Å². The number of hydrogen-bond donors (Lipinski definition) is 1. The van der Waals surface area contributed by atoms with E-state index in [1.54, 1.807) is 6.92 Å². The Balaban J connectivity index is 2.40. The summed E-state index contributed by atoms with van der Waals surface area (Å²) in [4.78, 5) is 0. The van der Waals surface area contributed by atoms with Gasteiger partial charge in [0.05, 0.1) is 12.7 Å². The van der Waals surface area contributed by atoms with Gasteiger partial charge in [0.25, 0.3) is 0 Å². The first-order chi connectivity index (χ1) is 8.58. The molecule has 1 saturated carbocycles. The smallest absolute Gasteiger partial charge is 0.171 e. The van der Waals surface area contributed by atoms with E-state index in [-0.39, 0.29) is 6.79 Å². The maximum Gasteiger partial charge on any atom is 0.171 e. The fraction of sp³-hybridized carbons (Fsp3) is 1.00. The van der Waals surface area contributed by atoms with Gasteiger partial charge >= 0.3 is 0 Å². The molecule has 108 valence electrons. The summed E-state index contributed by atoms with van der Waals surface area (Å²) >= 11 is 0. The Kier molecular flexibility index (Phi) is 7.15. The first-order valence-electron chi connectivity index (χ1n) is 7.12. The number of aliphatic hydroxyl groups is 1. The second kappa shape index (κ2) is 8.10. The van der Waals surface area contributed by atoms with Crippen LogP contribution in [0.2, 0.25) is 0 Å². The van der Waals surface area contributed by atoms with Crippen molar-refractivity contribution in [3.05, 3.63) is 0 Å². The normalized spacial score (nSPS) is 22.7. The summed E-state index contributed by atoms with van der Waals surface area (Å²) in [5.41, 5.74) is 0. The fourth-order valence-electron chi connectivity index (χ4n) is 2.57. The highest BCUT2D eigenvalue weighted by Gasteiger charge is 2.36. The largest absolute Gasteiger partial charge is 0.391 e. The lowest BCUT2D eigenvalue weighted by molar-refractivity contribution is -0.291. The van der Waals surface area contributed by atoms with Crippen molar-refractivity contribution in [2.75, 3.05) is 20.0 Å². The van der Waals surface area contributed by atoms with Crippen molar-refractivity contribution >= 4 is 0 Å². The van der Waals surface area contributed by atoms with E-state index in [0.29, 0.717) is 19.1 Å². The van der Waals surface area contributed by atoms with Gasteiger partial charge in [0.1, 0.15) is 6.79 Å². The van der Waals surface area contributed by atoms with Crippen LogP contribution < -0.4 is 0 Å². The van der Waals surface area contributed by atoms with Crippen LogP contribution in [0.3, 0.4) is 0 Å². The average molecular weight is 260 g/mol. The minimum absolute atomic E-state index is 0.178. The lowest BCUT2D eigenvalue weighted by atomic mass is 9.83. The summed E-state index contributed by atoms with van der Waals surface area (Å²) in [6, 6.07) is 0. The van der Waals surface area contributed by atoms with Crippen LogP contribution >= 0.6 is 0 Å². The molecule has 4 heteroatoms. The van der Waals surface area contributed by atoms with Crippen LogP contribution in [-0.4, -0.2) is 37.0 Å². The highest BCUT2D eigenvalue weighted by Crippen LogP contribution is 2.35. The van der Waals surface area contributed by atoms with Crippen molar-refractivity contribution in [1.82, 2.24) is 0 Å². The molecule has 0 spiro atoms. The first-order valence-corrected chi connectivity index (χ1v) is 7.12. The number of rotatable bonds is 8. The standard InChI is InChI=1S/C14H28O4/c1-4-17-14(3,13-8-6-5-7-9-13)18-11-16-10-12(2)15/h12-13,15H,4-11H2,1-3H3/t12-,14-/m0/s1. The van der Waals surface area contributed by atoms with Gasteiger partial charge in [0.2, 0.25) is 0 Å². The van der Waals surface area contributed by atoms with E-state index in [2.05, 4.69) is 0 Å². The molecule has 18 heavy (non-hydrogen) atoms. The average Bonchev–Trinajstić information content (AvgIpc) is 2.36. The van der Waals surface area contributed by atoms with Crippen LogP contribution in [0.5, 0.6) is 0 Å². The lowest BCUT2D eigenvalue weighted by Gasteiger charge is -2.39. The van der Waals surface area contributed by atoms with Gasteiger partial charge in [-0.2, -0.15) is 0 Å². The third kappa shape index (κ3) is 5.22. The fourth-order valence-corrected chi connectivity index (χ4v) is 2.57. The predicted molar refractivity (Wildman–Crippen MR) is 70.2 cm³/mol. The van der Waals surface area contributed by atoms with E-state index in [9.17, 15) is 0 Å². The molecule has 0 unspecified atom stereocenters. The number of aliphatic hydroxyl groups excluding tert-OH is 1. The Morgan fingerprint density at radius 3 is 2.44 bits per heavy atom. The molecule has 0 radical (unpaired) electrons. The van der Waals surface area contributed by atoms with Crippen molar-refractivity contribution in [3.63, 3.8) is 0 Å². The van der Waals surface area contributed by atoms with Crippen LogP contribution in [0.25, 0.3) is 0 Å². The van der Waals surface area contributed by atoms with Crippen LogP contribution in [0.1, 0.15) is 52.9 Å². The van der Waals surface area contributed by atoms with Gasteiger partial charge in [0.15, 0.2) is 5.79 Å². The van der Waals surface area contributed by atoms with E-state index in [0.717, 1.165) is 12.8 Å². The summed E-state index contributed by atoms with van der Waals surface area (Å²) < 4.78 is 16.9. The third-order valence-corrected chi connectivity index (χ3v) is 3.57. The van der Waals surface area contributed by atoms with E-state index in [4.69, 9.17) is 19.3 Å². The van der Waals surface area contributed by atoms with Crippen molar-refractivity contribution < 1.29 is 19.3 Å². The quantitative estimate of drug-likeness (QED) is 0.538. The second-order valence-electron chi connectivity index (χ2n) is 5.27. The molecule has 1 aliphatic rings. The molecule has 4 nitrogen and oxygen atoms in total. The summed E-state index contributed by atoms with van der Waals surface area (Å²) in [7, 11) is 0. The van der Waals surface area contributed by atoms with Crippen LogP contribution in [0.15, 0.2) is 0 Å². The minimum atomic E-state index is -0.548. The monoisotopic (exact) mass is 260 g/mol. The molecule has 0 saturated heterocycles. The van der Waals surface area contributed by atoms with Gasteiger partial charge in [-0.3, -0.25) is 0 Å². The minimum Gasteiger partial charge on any atom is -0.391 e. The Bertz CT molecular complexity index is 214. The molecule has 1 rings (SSSR count). The Morgan fingerprint density at radius 2 is 1.89 bits per heavy atom. The van der Waals surface area contributed by atoms with Gasteiger partial charge < -0.3 is 19.3 Å². The Hall–Kier alpha value is -0.160. The second-order valence-corrected chi connectivity index (χ2v) is 5.27. The van der Waals surface area contributed by atoms with Crippen molar-refractivity contribution in [2.45, 2.75) is 64.8 Å². The van der Waals surface area contributed by atoms with Gasteiger partial charge in [-0.1, -0.05) is 19.3 Å².